The fourth-order valence-electron chi connectivity index (χ4n) is 3.33. The van der Waals surface area contributed by atoms with Crippen LogP contribution >= 0.6 is 0 Å². The number of sulfonamides is 1. The highest BCUT2D eigenvalue weighted by molar-refractivity contribution is 7.89. The van der Waals surface area contributed by atoms with Gasteiger partial charge in [0.05, 0.1) is 17.7 Å². The Labute approximate surface area is 201 Å². The Kier molecular flexibility index (Phi) is 8.20. The van der Waals surface area contributed by atoms with Gasteiger partial charge in [-0.1, -0.05) is 59.7 Å². The summed E-state index contributed by atoms with van der Waals surface area (Å²) in [6.45, 7) is 3.54. The molecule has 0 saturated carbocycles. The molecule has 0 aliphatic rings. The molecule has 0 bridgehead atoms. The van der Waals surface area contributed by atoms with E-state index in [0.717, 1.165) is 27.9 Å². The van der Waals surface area contributed by atoms with Gasteiger partial charge < -0.3 is 4.90 Å². The zero-order valence-electron chi connectivity index (χ0n) is 19.9. The van der Waals surface area contributed by atoms with Crippen LogP contribution in [-0.2, 0) is 21.4 Å². The number of amides is 1. The molecular weight excluding hydrogens is 448 g/mol. The summed E-state index contributed by atoms with van der Waals surface area (Å²) in [7, 11) is 0.0116. The summed E-state index contributed by atoms with van der Waals surface area (Å²) in [5.74, 6) is -0.524. The number of anilines is 1. The van der Waals surface area contributed by atoms with E-state index in [1.54, 1.807) is 24.3 Å². The van der Waals surface area contributed by atoms with Gasteiger partial charge in [-0.05, 0) is 49.2 Å². The van der Waals surface area contributed by atoms with Crippen LogP contribution in [0.3, 0.4) is 0 Å². The van der Waals surface area contributed by atoms with Crippen LogP contribution in [0.2, 0.25) is 0 Å². The molecule has 0 radical (unpaired) electrons. The first-order valence-corrected chi connectivity index (χ1v) is 12.3. The van der Waals surface area contributed by atoms with Crippen LogP contribution in [0.5, 0.6) is 0 Å². The summed E-state index contributed by atoms with van der Waals surface area (Å²) in [5, 5.41) is 4.00. The number of nitrogens with zero attached hydrogens (tertiary/aromatic N) is 3. The minimum atomic E-state index is -3.90. The second-order valence-electron chi connectivity index (χ2n) is 8.35. The van der Waals surface area contributed by atoms with E-state index in [0.29, 0.717) is 0 Å². The third kappa shape index (κ3) is 6.76. The summed E-state index contributed by atoms with van der Waals surface area (Å²) >= 11 is 0. The molecule has 1 N–H and O–H groups in total. The molecule has 0 fully saturated rings. The monoisotopic (exact) mass is 478 g/mol. The first-order valence-electron chi connectivity index (χ1n) is 10.9. The minimum absolute atomic E-state index is 0.0705. The molecule has 3 rings (SSSR count). The van der Waals surface area contributed by atoms with Gasteiger partial charge in [-0.25, -0.2) is 13.8 Å². The Morgan fingerprint density at radius 2 is 1.62 bits per heavy atom. The van der Waals surface area contributed by atoms with Crippen molar-refractivity contribution in [1.82, 2.24) is 9.73 Å². The van der Waals surface area contributed by atoms with E-state index in [2.05, 4.69) is 10.5 Å². The molecule has 0 heterocycles. The largest absolute Gasteiger partial charge is 0.378 e. The Morgan fingerprint density at radius 1 is 0.941 bits per heavy atom. The van der Waals surface area contributed by atoms with Crippen LogP contribution in [0.4, 0.5) is 5.69 Å². The summed E-state index contributed by atoms with van der Waals surface area (Å²) in [6.07, 6.45) is 1.52. The zero-order chi connectivity index (χ0) is 24.7. The maximum Gasteiger partial charge on any atom is 0.255 e. The SMILES string of the molecule is Cc1ccc(S(=O)(=O)N(CC(=O)N/N=C\c2ccc(N(C)C)cc2)Cc2cccc(C)c2)cc1. The molecule has 0 atom stereocenters. The van der Waals surface area contributed by atoms with Crippen molar-refractivity contribution in [3.63, 3.8) is 0 Å². The average molecular weight is 479 g/mol. The van der Waals surface area contributed by atoms with Crippen molar-refractivity contribution < 1.29 is 13.2 Å². The Hall–Kier alpha value is -3.49. The van der Waals surface area contributed by atoms with Crippen molar-refractivity contribution in [1.29, 1.82) is 0 Å². The van der Waals surface area contributed by atoms with Gasteiger partial charge >= 0.3 is 0 Å². The lowest BCUT2D eigenvalue weighted by Crippen LogP contribution is -2.39. The summed E-state index contributed by atoms with van der Waals surface area (Å²) < 4.78 is 27.9. The zero-order valence-corrected chi connectivity index (χ0v) is 20.7. The first-order chi connectivity index (χ1) is 16.1. The third-order valence-electron chi connectivity index (χ3n) is 5.23. The average Bonchev–Trinajstić information content (AvgIpc) is 2.79. The fourth-order valence-corrected chi connectivity index (χ4v) is 4.72. The third-order valence-corrected chi connectivity index (χ3v) is 7.04. The van der Waals surface area contributed by atoms with Crippen molar-refractivity contribution in [2.45, 2.75) is 25.3 Å². The van der Waals surface area contributed by atoms with Gasteiger partial charge in [-0.2, -0.15) is 9.41 Å². The van der Waals surface area contributed by atoms with Crippen LogP contribution in [0.15, 0.2) is 82.8 Å². The van der Waals surface area contributed by atoms with E-state index < -0.39 is 15.9 Å². The molecule has 0 aliphatic carbocycles. The molecule has 3 aromatic rings. The highest BCUT2D eigenvalue weighted by Gasteiger charge is 2.27. The van der Waals surface area contributed by atoms with Crippen molar-refractivity contribution in [2.75, 3.05) is 25.5 Å². The molecule has 1 amide bonds. The quantitative estimate of drug-likeness (QED) is 0.376. The molecule has 178 valence electrons. The fraction of sp³-hybridized carbons (Fsp3) is 0.231. The standard InChI is InChI=1S/C26H30N4O3S/c1-20-8-14-25(15-9-20)34(32,33)30(18-23-7-5-6-21(2)16-23)19-26(31)28-27-17-22-10-12-24(13-11-22)29(3)4/h5-17H,18-19H2,1-4H3,(H,28,31)/b27-17-. The molecule has 0 aromatic heterocycles. The van der Waals surface area contributed by atoms with Crippen molar-refractivity contribution >= 4 is 27.8 Å². The van der Waals surface area contributed by atoms with Gasteiger partial charge in [-0.3, -0.25) is 4.79 Å². The van der Waals surface area contributed by atoms with E-state index in [4.69, 9.17) is 0 Å². The number of hydrogen-bond donors (Lipinski definition) is 1. The van der Waals surface area contributed by atoms with Crippen LogP contribution < -0.4 is 10.3 Å². The maximum atomic E-state index is 13.4. The van der Waals surface area contributed by atoms with Gasteiger partial charge in [0.15, 0.2) is 0 Å². The smallest absolute Gasteiger partial charge is 0.255 e. The lowest BCUT2D eigenvalue weighted by Gasteiger charge is -2.22. The molecule has 0 spiro atoms. The number of hydrazone groups is 1. The predicted octanol–water partition coefficient (Wildman–Crippen LogP) is 3.71. The molecule has 34 heavy (non-hydrogen) atoms. The van der Waals surface area contributed by atoms with Gasteiger partial charge in [0.25, 0.3) is 5.91 Å². The number of nitrogens with one attached hydrogen (secondary N) is 1. The van der Waals surface area contributed by atoms with E-state index >= 15 is 0 Å². The van der Waals surface area contributed by atoms with Gasteiger partial charge in [0, 0.05) is 26.3 Å². The number of rotatable bonds is 9. The summed E-state index contributed by atoms with van der Waals surface area (Å²) in [4.78, 5) is 14.8. The molecule has 7 nitrogen and oxygen atoms in total. The molecule has 0 unspecified atom stereocenters. The Morgan fingerprint density at radius 3 is 2.24 bits per heavy atom. The highest BCUT2D eigenvalue weighted by atomic mass is 32.2. The number of carbonyl (C=O) groups excluding carboxylic acids is 1. The summed E-state index contributed by atoms with van der Waals surface area (Å²) in [5.41, 5.74) is 7.07. The second kappa shape index (κ2) is 11.1. The molecule has 0 aliphatic heterocycles. The van der Waals surface area contributed by atoms with E-state index in [-0.39, 0.29) is 18.0 Å². The Bertz CT molecular complexity index is 1250. The van der Waals surface area contributed by atoms with Gasteiger partial charge in [-0.15, -0.1) is 0 Å². The number of hydrogen-bond acceptors (Lipinski definition) is 5. The lowest BCUT2D eigenvalue weighted by molar-refractivity contribution is -0.121. The summed E-state index contributed by atoms with van der Waals surface area (Å²) in [6, 6.07) is 21.8. The number of aryl methyl sites for hydroxylation is 2. The minimum Gasteiger partial charge on any atom is -0.378 e. The van der Waals surface area contributed by atoms with E-state index in [1.165, 1.54) is 10.5 Å². The normalized spacial score (nSPS) is 11.7. The molecule has 0 saturated heterocycles. The molecule has 3 aromatic carbocycles. The Balaban J connectivity index is 1.76. The van der Waals surface area contributed by atoms with Gasteiger partial charge in [0.1, 0.15) is 0 Å². The van der Waals surface area contributed by atoms with E-state index in [9.17, 15) is 13.2 Å². The van der Waals surface area contributed by atoms with E-state index in [1.807, 2.05) is 81.4 Å². The predicted molar refractivity (Wildman–Crippen MR) is 136 cm³/mol. The number of carbonyl (C=O) groups is 1. The first kappa shape index (κ1) is 25.1. The maximum absolute atomic E-state index is 13.4. The topological polar surface area (TPSA) is 82.1 Å². The molecule has 8 heteroatoms. The van der Waals surface area contributed by atoms with Crippen molar-refractivity contribution in [3.05, 3.63) is 95.1 Å². The lowest BCUT2D eigenvalue weighted by atomic mass is 10.1. The molecular formula is C26H30N4O3S. The van der Waals surface area contributed by atoms with Crippen molar-refractivity contribution in [3.8, 4) is 0 Å². The number of benzene rings is 3. The van der Waals surface area contributed by atoms with Crippen LogP contribution in [-0.4, -0.2) is 45.5 Å². The van der Waals surface area contributed by atoms with Crippen molar-refractivity contribution in [2.24, 2.45) is 5.10 Å². The van der Waals surface area contributed by atoms with Crippen LogP contribution in [0, 0.1) is 13.8 Å². The second-order valence-corrected chi connectivity index (χ2v) is 10.3. The van der Waals surface area contributed by atoms with Crippen LogP contribution in [0.1, 0.15) is 22.3 Å². The van der Waals surface area contributed by atoms with Gasteiger partial charge in [0.2, 0.25) is 10.0 Å². The highest BCUT2D eigenvalue weighted by Crippen LogP contribution is 2.19. The van der Waals surface area contributed by atoms with Crippen LogP contribution in [0.25, 0.3) is 0 Å².